The third kappa shape index (κ3) is 5.57. The minimum Gasteiger partial charge on any atom is -1.00 e. The Bertz CT molecular complexity index is 383. The minimum atomic E-state index is -0.480. The van der Waals surface area contributed by atoms with Crippen molar-refractivity contribution in [1.29, 1.82) is 0 Å². The lowest BCUT2D eigenvalue weighted by molar-refractivity contribution is -0.00000608. The molecule has 0 spiro atoms. The summed E-state index contributed by atoms with van der Waals surface area (Å²) in [5.74, 6) is 1.48. The number of benzene rings is 1. The Kier molecular flexibility index (Phi) is 7.73. The van der Waals surface area contributed by atoms with Gasteiger partial charge in [0.25, 0.3) is 0 Å². The first-order chi connectivity index (χ1) is 9.28. The van der Waals surface area contributed by atoms with E-state index in [4.69, 9.17) is 9.47 Å². The van der Waals surface area contributed by atoms with Crippen LogP contribution < -0.4 is 27.2 Å². The standard InChI is InChI=1S/C15H23NO3.ClH/c1-18-14-7-4-8-15(9-14)19-11-13(17)10-16-12-5-2-3-6-12;/h4,7-9,12-13,16-17H,2-3,5-6,10-11H2,1H3;1H/p-1. The predicted molar refractivity (Wildman–Crippen MR) is 74.8 cm³/mol. The maximum absolute atomic E-state index is 9.88. The smallest absolute Gasteiger partial charge is 0.123 e. The van der Waals surface area contributed by atoms with Crippen molar-refractivity contribution < 1.29 is 27.0 Å². The van der Waals surface area contributed by atoms with Crippen molar-refractivity contribution in [2.75, 3.05) is 20.3 Å². The van der Waals surface area contributed by atoms with E-state index in [1.54, 1.807) is 7.11 Å². The summed E-state index contributed by atoms with van der Waals surface area (Å²) in [7, 11) is 1.62. The molecular weight excluding hydrogens is 278 g/mol. The molecule has 0 amide bonds. The van der Waals surface area contributed by atoms with Gasteiger partial charge in [0, 0.05) is 18.7 Å². The lowest BCUT2D eigenvalue weighted by Gasteiger charge is -2.16. The third-order valence-corrected chi connectivity index (χ3v) is 3.48. The van der Waals surface area contributed by atoms with E-state index in [0.29, 0.717) is 19.2 Å². The van der Waals surface area contributed by atoms with Gasteiger partial charge in [-0.05, 0) is 25.0 Å². The van der Waals surface area contributed by atoms with Gasteiger partial charge in [-0.15, -0.1) is 0 Å². The van der Waals surface area contributed by atoms with Crippen LogP contribution in [0.2, 0.25) is 0 Å². The Hall–Kier alpha value is -0.970. The van der Waals surface area contributed by atoms with Gasteiger partial charge in [-0.2, -0.15) is 0 Å². The molecule has 1 fully saturated rings. The minimum absolute atomic E-state index is 0. The van der Waals surface area contributed by atoms with Gasteiger partial charge in [-0.3, -0.25) is 0 Å². The van der Waals surface area contributed by atoms with E-state index in [1.165, 1.54) is 25.7 Å². The largest absolute Gasteiger partial charge is 1.00 e. The molecular formula is C15H23ClNO3-. The van der Waals surface area contributed by atoms with Gasteiger partial charge in [0.1, 0.15) is 24.2 Å². The monoisotopic (exact) mass is 300 g/mol. The average Bonchev–Trinajstić information content (AvgIpc) is 2.96. The first-order valence-electron chi connectivity index (χ1n) is 6.96. The molecule has 1 atom stereocenters. The van der Waals surface area contributed by atoms with Crippen LogP contribution >= 0.6 is 0 Å². The summed E-state index contributed by atoms with van der Waals surface area (Å²) in [5, 5.41) is 13.3. The van der Waals surface area contributed by atoms with Gasteiger partial charge >= 0.3 is 0 Å². The highest BCUT2D eigenvalue weighted by molar-refractivity contribution is 5.32. The van der Waals surface area contributed by atoms with Crippen molar-refractivity contribution in [1.82, 2.24) is 5.32 Å². The molecule has 0 aliphatic heterocycles. The molecule has 2 N–H and O–H groups in total. The van der Waals surface area contributed by atoms with Crippen LogP contribution in [0.3, 0.4) is 0 Å². The maximum Gasteiger partial charge on any atom is 0.123 e. The number of rotatable bonds is 7. The predicted octanol–water partition coefficient (Wildman–Crippen LogP) is -1.03. The molecule has 1 aromatic carbocycles. The summed E-state index contributed by atoms with van der Waals surface area (Å²) in [6.07, 6.45) is 4.57. The SMILES string of the molecule is COc1cccc(OCC(O)CNC2CCCC2)c1.[Cl-]. The van der Waals surface area contributed by atoms with Crippen LogP contribution in [0.25, 0.3) is 0 Å². The van der Waals surface area contributed by atoms with Crippen LogP contribution in [0.15, 0.2) is 24.3 Å². The topological polar surface area (TPSA) is 50.7 Å². The quantitative estimate of drug-likeness (QED) is 0.676. The molecule has 0 aromatic heterocycles. The van der Waals surface area contributed by atoms with Crippen molar-refractivity contribution in [2.24, 2.45) is 0 Å². The van der Waals surface area contributed by atoms with E-state index in [0.717, 1.165) is 11.5 Å². The van der Waals surface area contributed by atoms with Crippen LogP contribution in [0, 0.1) is 0 Å². The Morgan fingerprint density at radius 2 is 2.00 bits per heavy atom. The molecule has 1 aliphatic rings. The van der Waals surface area contributed by atoms with E-state index in [-0.39, 0.29) is 12.4 Å². The van der Waals surface area contributed by atoms with Gasteiger partial charge in [0.2, 0.25) is 0 Å². The molecule has 1 aliphatic carbocycles. The van der Waals surface area contributed by atoms with Crippen molar-refractivity contribution in [3.8, 4) is 11.5 Å². The second kappa shape index (κ2) is 9.06. The summed E-state index contributed by atoms with van der Waals surface area (Å²) >= 11 is 0. The first-order valence-corrected chi connectivity index (χ1v) is 6.96. The number of halogens is 1. The Balaban J connectivity index is 0.00000200. The van der Waals surface area contributed by atoms with Crippen LogP contribution in [0.5, 0.6) is 11.5 Å². The number of aliphatic hydroxyl groups is 1. The van der Waals surface area contributed by atoms with Crippen LogP contribution in [0.4, 0.5) is 0 Å². The second-order valence-corrected chi connectivity index (χ2v) is 5.03. The zero-order valence-electron chi connectivity index (χ0n) is 11.8. The molecule has 1 unspecified atom stereocenters. The van der Waals surface area contributed by atoms with Crippen LogP contribution in [0.1, 0.15) is 25.7 Å². The number of hydrogen-bond donors (Lipinski definition) is 2. The fourth-order valence-corrected chi connectivity index (χ4v) is 2.37. The van der Waals surface area contributed by atoms with E-state index >= 15 is 0 Å². The fraction of sp³-hybridized carbons (Fsp3) is 0.600. The highest BCUT2D eigenvalue weighted by Crippen LogP contribution is 2.19. The molecule has 114 valence electrons. The van der Waals surface area contributed by atoms with Crippen molar-refractivity contribution in [2.45, 2.75) is 37.8 Å². The molecule has 2 rings (SSSR count). The maximum atomic E-state index is 9.88. The summed E-state index contributed by atoms with van der Waals surface area (Å²) in [5.41, 5.74) is 0. The molecule has 1 saturated carbocycles. The molecule has 0 bridgehead atoms. The molecule has 0 saturated heterocycles. The van der Waals surface area contributed by atoms with Gasteiger partial charge in [0.05, 0.1) is 7.11 Å². The highest BCUT2D eigenvalue weighted by Gasteiger charge is 2.15. The van der Waals surface area contributed by atoms with Gasteiger partial charge in [-0.1, -0.05) is 18.9 Å². The third-order valence-electron chi connectivity index (χ3n) is 3.48. The Labute approximate surface area is 126 Å². The van der Waals surface area contributed by atoms with E-state index in [1.807, 2.05) is 24.3 Å². The first kappa shape index (κ1) is 17.1. The van der Waals surface area contributed by atoms with Crippen molar-refractivity contribution >= 4 is 0 Å². The molecule has 5 heteroatoms. The molecule has 4 nitrogen and oxygen atoms in total. The molecule has 0 radical (unpaired) electrons. The lowest BCUT2D eigenvalue weighted by atomic mass is 10.2. The van der Waals surface area contributed by atoms with Gasteiger partial charge < -0.3 is 32.3 Å². The van der Waals surface area contributed by atoms with Gasteiger partial charge in [-0.25, -0.2) is 0 Å². The van der Waals surface area contributed by atoms with Crippen LogP contribution in [-0.2, 0) is 0 Å². The number of nitrogens with one attached hydrogen (secondary N) is 1. The fourth-order valence-electron chi connectivity index (χ4n) is 2.37. The lowest BCUT2D eigenvalue weighted by Crippen LogP contribution is -3.00. The molecule has 20 heavy (non-hydrogen) atoms. The number of hydrogen-bond acceptors (Lipinski definition) is 4. The molecule has 0 heterocycles. The summed E-state index contributed by atoms with van der Waals surface area (Å²) in [4.78, 5) is 0. The zero-order chi connectivity index (χ0) is 13.5. The summed E-state index contributed by atoms with van der Waals surface area (Å²) in [6, 6.07) is 7.99. The van der Waals surface area contributed by atoms with E-state index in [2.05, 4.69) is 5.32 Å². The van der Waals surface area contributed by atoms with E-state index in [9.17, 15) is 5.11 Å². The number of ether oxygens (including phenoxy) is 2. The van der Waals surface area contributed by atoms with Crippen molar-refractivity contribution in [3.63, 3.8) is 0 Å². The van der Waals surface area contributed by atoms with E-state index < -0.39 is 6.10 Å². The van der Waals surface area contributed by atoms with Gasteiger partial charge in [0.15, 0.2) is 0 Å². The average molecular weight is 301 g/mol. The zero-order valence-corrected chi connectivity index (χ0v) is 12.6. The number of methoxy groups -OCH3 is 1. The van der Waals surface area contributed by atoms with Crippen LogP contribution in [-0.4, -0.2) is 37.5 Å². The number of aliphatic hydroxyl groups excluding tert-OH is 1. The summed E-state index contributed by atoms with van der Waals surface area (Å²) in [6.45, 7) is 0.890. The molecule has 1 aromatic rings. The van der Waals surface area contributed by atoms with Crippen molar-refractivity contribution in [3.05, 3.63) is 24.3 Å². The highest BCUT2D eigenvalue weighted by atomic mass is 35.5. The Morgan fingerprint density at radius 1 is 1.30 bits per heavy atom. The normalized spacial score (nSPS) is 16.5. The Morgan fingerprint density at radius 3 is 2.70 bits per heavy atom. The summed E-state index contributed by atoms with van der Waals surface area (Å²) < 4.78 is 10.7. The second-order valence-electron chi connectivity index (χ2n) is 5.03.